The SMILES string of the molecule is CN(CCOc1ccc(B(O)O)cc1)Cc1nccn1C. The van der Waals surface area contributed by atoms with Gasteiger partial charge in [0.05, 0.1) is 6.54 Å². The molecule has 21 heavy (non-hydrogen) atoms. The molecule has 0 saturated carbocycles. The zero-order valence-electron chi connectivity index (χ0n) is 12.3. The van der Waals surface area contributed by atoms with Crippen molar-refractivity contribution in [3.05, 3.63) is 42.5 Å². The topological polar surface area (TPSA) is 70.8 Å². The summed E-state index contributed by atoms with van der Waals surface area (Å²) in [6, 6.07) is 6.73. The van der Waals surface area contributed by atoms with Gasteiger partial charge < -0.3 is 19.4 Å². The lowest BCUT2D eigenvalue weighted by Crippen LogP contribution is -2.29. The zero-order chi connectivity index (χ0) is 15.2. The summed E-state index contributed by atoms with van der Waals surface area (Å²) < 4.78 is 7.62. The Kier molecular flexibility index (Phi) is 5.38. The molecule has 2 aromatic rings. The molecule has 7 heteroatoms. The van der Waals surface area contributed by atoms with E-state index in [9.17, 15) is 0 Å². The zero-order valence-corrected chi connectivity index (χ0v) is 12.3. The summed E-state index contributed by atoms with van der Waals surface area (Å²) >= 11 is 0. The lowest BCUT2D eigenvalue weighted by molar-refractivity contribution is 0.228. The Labute approximate surface area is 124 Å². The van der Waals surface area contributed by atoms with Crippen molar-refractivity contribution < 1.29 is 14.8 Å². The molecule has 112 valence electrons. The van der Waals surface area contributed by atoms with Crippen LogP contribution in [-0.2, 0) is 13.6 Å². The van der Waals surface area contributed by atoms with Crippen molar-refractivity contribution in [3.63, 3.8) is 0 Å². The number of imidazole rings is 1. The highest BCUT2D eigenvalue weighted by Crippen LogP contribution is 2.08. The summed E-state index contributed by atoms with van der Waals surface area (Å²) in [7, 11) is 2.55. The van der Waals surface area contributed by atoms with Crippen LogP contribution < -0.4 is 10.2 Å². The van der Waals surface area contributed by atoms with Crippen LogP contribution >= 0.6 is 0 Å². The Balaban J connectivity index is 1.75. The molecule has 2 N–H and O–H groups in total. The van der Waals surface area contributed by atoms with Crippen molar-refractivity contribution in [2.75, 3.05) is 20.2 Å². The number of likely N-dealkylation sites (N-methyl/N-ethyl adjacent to an activating group) is 1. The third-order valence-corrected chi connectivity index (χ3v) is 3.25. The number of hydrogen-bond donors (Lipinski definition) is 2. The summed E-state index contributed by atoms with van der Waals surface area (Å²) in [5.41, 5.74) is 0.453. The second kappa shape index (κ2) is 7.26. The lowest BCUT2D eigenvalue weighted by Gasteiger charge is -2.16. The average Bonchev–Trinajstić information content (AvgIpc) is 2.85. The van der Waals surface area contributed by atoms with Gasteiger partial charge in [0, 0.05) is 26.0 Å². The number of ether oxygens (including phenoxy) is 1. The molecule has 0 aliphatic heterocycles. The molecule has 0 saturated heterocycles. The van der Waals surface area contributed by atoms with Crippen molar-refractivity contribution >= 4 is 12.6 Å². The Bertz CT molecular complexity index is 557. The van der Waals surface area contributed by atoms with E-state index in [0.29, 0.717) is 17.8 Å². The molecule has 1 heterocycles. The average molecular weight is 289 g/mol. The van der Waals surface area contributed by atoms with E-state index in [0.717, 1.165) is 18.9 Å². The molecule has 2 rings (SSSR count). The molecule has 6 nitrogen and oxygen atoms in total. The standard InChI is InChI=1S/C14H20BN3O3/c1-17(11-14-16-7-8-18(14)2)9-10-21-13-5-3-12(4-6-13)15(19)20/h3-8,19-20H,9-11H2,1-2H3. The highest BCUT2D eigenvalue weighted by molar-refractivity contribution is 6.58. The molecule has 0 bridgehead atoms. The fourth-order valence-electron chi connectivity index (χ4n) is 1.92. The first-order chi connectivity index (χ1) is 10.1. The number of rotatable bonds is 7. The van der Waals surface area contributed by atoms with Crippen LogP contribution in [0.3, 0.4) is 0 Å². The van der Waals surface area contributed by atoms with Gasteiger partial charge in [0.1, 0.15) is 18.2 Å². The molecular formula is C14H20BN3O3. The molecule has 1 aromatic heterocycles. The van der Waals surface area contributed by atoms with Gasteiger partial charge >= 0.3 is 7.12 Å². The second-order valence-electron chi connectivity index (χ2n) is 4.98. The minimum atomic E-state index is -1.44. The van der Waals surface area contributed by atoms with Crippen molar-refractivity contribution in [1.29, 1.82) is 0 Å². The molecule has 0 amide bonds. The van der Waals surface area contributed by atoms with Crippen LogP contribution in [0.25, 0.3) is 0 Å². The number of aryl methyl sites for hydroxylation is 1. The van der Waals surface area contributed by atoms with Crippen molar-refractivity contribution in [2.45, 2.75) is 6.54 Å². The van der Waals surface area contributed by atoms with Crippen LogP contribution in [0.4, 0.5) is 0 Å². The summed E-state index contributed by atoms with van der Waals surface area (Å²) in [6.07, 6.45) is 3.72. The molecule has 1 aromatic carbocycles. The Morgan fingerprint density at radius 1 is 1.29 bits per heavy atom. The third-order valence-electron chi connectivity index (χ3n) is 3.25. The number of hydrogen-bond acceptors (Lipinski definition) is 5. The first-order valence-corrected chi connectivity index (χ1v) is 6.80. The van der Waals surface area contributed by atoms with Crippen molar-refractivity contribution in [1.82, 2.24) is 14.5 Å². The van der Waals surface area contributed by atoms with Crippen LogP contribution in [0.2, 0.25) is 0 Å². The smallest absolute Gasteiger partial charge is 0.488 e. The highest BCUT2D eigenvalue weighted by Gasteiger charge is 2.10. The first-order valence-electron chi connectivity index (χ1n) is 6.80. The van der Waals surface area contributed by atoms with Crippen LogP contribution in [0.5, 0.6) is 5.75 Å². The van der Waals surface area contributed by atoms with E-state index in [1.165, 1.54) is 0 Å². The predicted molar refractivity (Wildman–Crippen MR) is 81.3 cm³/mol. The summed E-state index contributed by atoms with van der Waals surface area (Å²) in [4.78, 5) is 6.41. The summed E-state index contributed by atoms with van der Waals surface area (Å²) in [5, 5.41) is 18.0. The molecular weight excluding hydrogens is 269 g/mol. The maximum absolute atomic E-state index is 9.01. The number of aromatic nitrogens is 2. The fourth-order valence-corrected chi connectivity index (χ4v) is 1.92. The van der Waals surface area contributed by atoms with Gasteiger partial charge in [-0.05, 0) is 24.6 Å². The largest absolute Gasteiger partial charge is 0.492 e. The molecule has 0 radical (unpaired) electrons. The normalized spacial score (nSPS) is 10.9. The summed E-state index contributed by atoms with van der Waals surface area (Å²) in [6.45, 7) is 2.10. The third kappa shape index (κ3) is 4.59. The van der Waals surface area contributed by atoms with Gasteiger partial charge in [0.2, 0.25) is 0 Å². The van der Waals surface area contributed by atoms with Gasteiger partial charge in [0.15, 0.2) is 0 Å². The van der Waals surface area contributed by atoms with Gasteiger partial charge in [-0.1, -0.05) is 12.1 Å². The van der Waals surface area contributed by atoms with E-state index in [-0.39, 0.29) is 0 Å². The molecule has 0 aliphatic carbocycles. The first kappa shape index (κ1) is 15.6. The fraction of sp³-hybridized carbons (Fsp3) is 0.357. The van der Waals surface area contributed by atoms with Gasteiger partial charge in [-0.2, -0.15) is 0 Å². The van der Waals surface area contributed by atoms with E-state index in [4.69, 9.17) is 14.8 Å². The van der Waals surface area contributed by atoms with Gasteiger partial charge in [-0.25, -0.2) is 4.98 Å². The van der Waals surface area contributed by atoms with Crippen LogP contribution in [0.1, 0.15) is 5.82 Å². The quantitative estimate of drug-likeness (QED) is 0.679. The van der Waals surface area contributed by atoms with Crippen molar-refractivity contribution in [2.24, 2.45) is 7.05 Å². The minimum absolute atomic E-state index is 0.453. The van der Waals surface area contributed by atoms with Gasteiger partial charge in [-0.3, -0.25) is 4.90 Å². The van der Waals surface area contributed by atoms with Crippen LogP contribution in [0, 0.1) is 0 Å². The molecule has 0 atom stereocenters. The van der Waals surface area contributed by atoms with E-state index >= 15 is 0 Å². The van der Waals surface area contributed by atoms with E-state index in [1.807, 2.05) is 24.9 Å². The molecule has 0 fully saturated rings. The van der Waals surface area contributed by atoms with Gasteiger partial charge in [0.25, 0.3) is 0 Å². The molecule has 0 aliphatic rings. The maximum Gasteiger partial charge on any atom is 0.488 e. The minimum Gasteiger partial charge on any atom is -0.492 e. The number of nitrogens with zero attached hydrogens (tertiary/aromatic N) is 3. The van der Waals surface area contributed by atoms with E-state index < -0.39 is 7.12 Å². The Hall–Kier alpha value is -1.83. The van der Waals surface area contributed by atoms with Crippen LogP contribution in [0.15, 0.2) is 36.7 Å². The highest BCUT2D eigenvalue weighted by atomic mass is 16.5. The van der Waals surface area contributed by atoms with Gasteiger partial charge in [-0.15, -0.1) is 0 Å². The number of benzene rings is 1. The Morgan fingerprint density at radius 2 is 2.00 bits per heavy atom. The lowest BCUT2D eigenvalue weighted by atomic mass is 9.80. The Morgan fingerprint density at radius 3 is 2.57 bits per heavy atom. The van der Waals surface area contributed by atoms with Crippen LogP contribution in [-0.4, -0.2) is 51.8 Å². The second-order valence-corrected chi connectivity index (χ2v) is 4.98. The van der Waals surface area contributed by atoms with Crippen molar-refractivity contribution in [3.8, 4) is 5.75 Å². The molecule has 0 spiro atoms. The monoisotopic (exact) mass is 289 g/mol. The predicted octanol–water partition coefficient (Wildman–Crippen LogP) is -0.389. The molecule has 0 unspecified atom stereocenters. The maximum atomic E-state index is 9.01. The van der Waals surface area contributed by atoms with E-state index in [2.05, 4.69) is 9.88 Å². The van der Waals surface area contributed by atoms with E-state index in [1.54, 1.807) is 30.5 Å². The summed E-state index contributed by atoms with van der Waals surface area (Å²) in [5.74, 6) is 1.73.